The second-order valence-electron chi connectivity index (χ2n) is 4.01. The normalized spacial score (nSPS) is 13.2. The number of halogens is 3. The van der Waals surface area contributed by atoms with Crippen LogP contribution in [-0.4, -0.2) is 23.9 Å². The molecule has 0 radical (unpaired) electrons. The van der Waals surface area contributed by atoms with E-state index in [1.165, 1.54) is 0 Å². The number of hydrogen-bond acceptors (Lipinski definition) is 2. The Bertz CT molecular complexity index is 441. The molecule has 1 N–H and O–H groups in total. The maximum atomic E-state index is 12.4. The van der Waals surface area contributed by atoms with Crippen LogP contribution in [0.2, 0.25) is 0 Å². The van der Waals surface area contributed by atoms with Crippen LogP contribution in [0.4, 0.5) is 13.2 Å². The van der Waals surface area contributed by atoms with E-state index >= 15 is 0 Å². The first-order chi connectivity index (χ1) is 8.21. The number of carboxylic acid groups (broad SMARTS) is 1. The summed E-state index contributed by atoms with van der Waals surface area (Å²) in [5.41, 5.74) is 1.49. The van der Waals surface area contributed by atoms with E-state index in [0.29, 0.717) is 5.56 Å². The molecule has 0 aliphatic heterocycles. The standard InChI is InChI=1S/C12H13F3O3/c1-7-3-4-8(2)10(5-7)18-6-9(11(16)17)12(13,14)15/h3-5,9H,6H2,1-2H3,(H,16,17). The summed E-state index contributed by atoms with van der Waals surface area (Å²) in [5.74, 6) is -4.18. The summed E-state index contributed by atoms with van der Waals surface area (Å²) < 4.78 is 42.1. The van der Waals surface area contributed by atoms with Crippen LogP contribution in [-0.2, 0) is 4.79 Å². The van der Waals surface area contributed by atoms with Gasteiger partial charge < -0.3 is 9.84 Å². The Kier molecular flexibility index (Phi) is 4.21. The van der Waals surface area contributed by atoms with Crippen LogP contribution in [0.1, 0.15) is 11.1 Å². The van der Waals surface area contributed by atoms with Gasteiger partial charge in [0.05, 0.1) is 0 Å². The second kappa shape index (κ2) is 5.29. The Hall–Kier alpha value is -1.72. The van der Waals surface area contributed by atoms with E-state index in [0.717, 1.165) is 5.56 Å². The van der Waals surface area contributed by atoms with Gasteiger partial charge in [0.1, 0.15) is 12.4 Å². The van der Waals surface area contributed by atoms with Crippen molar-refractivity contribution in [1.82, 2.24) is 0 Å². The van der Waals surface area contributed by atoms with Gasteiger partial charge in [-0.25, -0.2) is 0 Å². The molecule has 100 valence electrons. The molecular formula is C12H13F3O3. The van der Waals surface area contributed by atoms with Crippen LogP contribution < -0.4 is 4.74 Å². The molecule has 0 fully saturated rings. The van der Waals surface area contributed by atoms with Crippen molar-refractivity contribution in [1.29, 1.82) is 0 Å². The van der Waals surface area contributed by atoms with E-state index in [9.17, 15) is 18.0 Å². The van der Waals surface area contributed by atoms with Crippen LogP contribution in [0, 0.1) is 19.8 Å². The van der Waals surface area contributed by atoms with Crippen molar-refractivity contribution < 1.29 is 27.8 Å². The first kappa shape index (κ1) is 14.3. The van der Waals surface area contributed by atoms with Crippen molar-refractivity contribution in [2.45, 2.75) is 20.0 Å². The summed E-state index contributed by atoms with van der Waals surface area (Å²) in [4.78, 5) is 10.5. The number of rotatable bonds is 4. The molecule has 1 aromatic rings. The third-order valence-electron chi connectivity index (χ3n) is 2.44. The number of hydrogen-bond donors (Lipinski definition) is 1. The summed E-state index contributed by atoms with van der Waals surface area (Å²) in [7, 11) is 0. The Labute approximate surface area is 102 Å². The SMILES string of the molecule is Cc1ccc(C)c(OCC(C(=O)O)C(F)(F)F)c1. The van der Waals surface area contributed by atoms with Crippen LogP contribution in [0.3, 0.4) is 0 Å². The van der Waals surface area contributed by atoms with E-state index in [2.05, 4.69) is 0 Å². The van der Waals surface area contributed by atoms with Gasteiger partial charge >= 0.3 is 12.1 Å². The smallest absolute Gasteiger partial charge is 0.405 e. The zero-order valence-corrected chi connectivity index (χ0v) is 9.91. The number of carboxylic acids is 1. The fourth-order valence-electron chi connectivity index (χ4n) is 1.34. The van der Waals surface area contributed by atoms with Crippen LogP contribution in [0.5, 0.6) is 5.75 Å². The summed E-state index contributed by atoms with van der Waals surface area (Å²) in [6.07, 6.45) is -4.82. The van der Waals surface area contributed by atoms with Gasteiger partial charge in [-0.1, -0.05) is 12.1 Å². The van der Waals surface area contributed by atoms with Gasteiger partial charge in [-0.3, -0.25) is 4.79 Å². The predicted molar refractivity (Wildman–Crippen MR) is 58.6 cm³/mol. The summed E-state index contributed by atoms with van der Waals surface area (Å²) in [6.45, 7) is 2.52. The molecule has 0 aliphatic rings. The fraction of sp³-hybridized carbons (Fsp3) is 0.417. The molecule has 18 heavy (non-hydrogen) atoms. The highest BCUT2D eigenvalue weighted by atomic mass is 19.4. The lowest BCUT2D eigenvalue weighted by molar-refractivity contribution is -0.198. The van der Waals surface area contributed by atoms with E-state index in [-0.39, 0.29) is 5.75 Å². The first-order valence-corrected chi connectivity index (χ1v) is 5.21. The minimum absolute atomic E-state index is 0.269. The average Bonchev–Trinajstić information content (AvgIpc) is 2.20. The van der Waals surface area contributed by atoms with Crippen LogP contribution >= 0.6 is 0 Å². The van der Waals surface area contributed by atoms with Crippen molar-refractivity contribution in [3.63, 3.8) is 0 Å². The zero-order valence-electron chi connectivity index (χ0n) is 9.91. The van der Waals surface area contributed by atoms with Gasteiger partial charge in [-0.2, -0.15) is 13.2 Å². The van der Waals surface area contributed by atoms with Crippen molar-refractivity contribution in [2.24, 2.45) is 5.92 Å². The van der Waals surface area contributed by atoms with Gasteiger partial charge in [0, 0.05) is 0 Å². The Morgan fingerprint density at radius 3 is 2.50 bits per heavy atom. The maximum Gasteiger partial charge on any atom is 0.405 e. The van der Waals surface area contributed by atoms with Crippen LogP contribution in [0.25, 0.3) is 0 Å². The molecule has 1 unspecified atom stereocenters. The molecule has 0 aromatic heterocycles. The van der Waals surface area contributed by atoms with Gasteiger partial charge in [-0.05, 0) is 31.0 Å². The molecule has 1 atom stereocenters. The molecule has 1 aromatic carbocycles. The first-order valence-electron chi connectivity index (χ1n) is 5.21. The number of aryl methyl sites for hydroxylation is 2. The third-order valence-corrected chi connectivity index (χ3v) is 2.44. The summed E-state index contributed by atoms with van der Waals surface area (Å²) >= 11 is 0. The molecule has 0 saturated heterocycles. The van der Waals surface area contributed by atoms with Crippen molar-refractivity contribution >= 4 is 5.97 Å². The summed E-state index contributed by atoms with van der Waals surface area (Å²) in [5, 5.41) is 8.51. The highest BCUT2D eigenvalue weighted by molar-refractivity contribution is 5.71. The minimum Gasteiger partial charge on any atom is -0.492 e. The number of benzene rings is 1. The van der Waals surface area contributed by atoms with Gasteiger partial charge in [0.2, 0.25) is 0 Å². The molecule has 0 aliphatic carbocycles. The fourth-order valence-corrected chi connectivity index (χ4v) is 1.34. The lowest BCUT2D eigenvalue weighted by Gasteiger charge is -2.17. The third kappa shape index (κ3) is 3.65. The lowest BCUT2D eigenvalue weighted by atomic mass is 10.1. The topological polar surface area (TPSA) is 46.5 Å². The molecule has 0 bridgehead atoms. The zero-order chi connectivity index (χ0) is 13.9. The molecule has 0 saturated carbocycles. The van der Waals surface area contributed by atoms with E-state index in [1.807, 2.05) is 0 Å². The number of carbonyl (C=O) groups is 1. The quantitative estimate of drug-likeness (QED) is 0.907. The highest BCUT2D eigenvalue weighted by Crippen LogP contribution is 2.28. The number of aliphatic carboxylic acids is 1. The van der Waals surface area contributed by atoms with Gasteiger partial charge in [-0.15, -0.1) is 0 Å². The monoisotopic (exact) mass is 262 g/mol. The molecule has 3 nitrogen and oxygen atoms in total. The van der Waals surface area contributed by atoms with Crippen LogP contribution in [0.15, 0.2) is 18.2 Å². The largest absolute Gasteiger partial charge is 0.492 e. The van der Waals surface area contributed by atoms with Crippen molar-refractivity contribution in [3.05, 3.63) is 29.3 Å². The number of alkyl halides is 3. The van der Waals surface area contributed by atoms with E-state index < -0.39 is 24.7 Å². The molecule has 0 heterocycles. The Balaban J connectivity index is 2.79. The van der Waals surface area contributed by atoms with Gasteiger partial charge in [0.15, 0.2) is 5.92 Å². The lowest BCUT2D eigenvalue weighted by Crippen LogP contribution is -2.35. The van der Waals surface area contributed by atoms with E-state index in [4.69, 9.17) is 9.84 Å². The maximum absolute atomic E-state index is 12.4. The molecule has 0 spiro atoms. The predicted octanol–water partition coefficient (Wildman–Crippen LogP) is 2.95. The Morgan fingerprint density at radius 2 is 2.00 bits per heavy atom. The van der Waals surface area contributed by atoms with Crippen molar-refractivity contribution in [2.75, 3.05) is 6.61 Å². The average molecular weight is 262 g/mol. The minimum atomic E-state index is -4.82. The molecular weight excluding hydrogens is 249 g/mol. The van der Waals surface area contributed by atoms with E-state index in [1.54, 1.807) is 32.0 Å². The summed E-state index contributed by atoms with van der Waals surface area (Å²) in [6, 6.07) is 5.07. The molecule has 6 heteroatoms. The molecule has 1 rings (SSSR count). The second-order valence-corrected chi connectivity index (χ2v) is 4.01. The molecule has 0 amide bonds. The van der Waals surface area contributed by atoms with Gasteiger partial charge in [0.25, 0.3) is 0 Å². The van der Waals surface area contributed by atoms with Crippen molar-refractivity contribution in [3.8, 4) is 5.75 Å². The number of ether oxygens (including phenoxy) is 1. The Morgan fingerprint density at radius 1 is 1.39 bits per heavy atom. The highest BCUT2D eigenvalue weighted by Gasteiger charge is 2.45.